The van der Waals surface area contributed by atoms with Crippen LogP contribution in [0.1, 0.15) is 27.2 Å². The van der Waals surface area contributed by atoms with Gasteiger partial charge in [0.25, 0.3) is 5.91 Å². The SMILES string of the molecule is Cl.Nc1ccsc1C(=O)N1CCCN(C2Cc3ccccc3C2)CC1. The maximum Gasteiger partial charge on any atom is 0.266 e. The molecule has 2 heterocycles. The van der Waals surface area contributed by atoms with E-state index in [0.717, 1.165) is 45.4 Å². The van der Waals surface area contributed by atoms with Gasteiger partial charge >= 0.3 is 0 Å². The summed E-state index contributed by atoms with van der Waals surface area (Å²) in [6, 6.07) is 11.2. The lowest BCUT2D eigenvalue weighted by Gasteiger charge is -2.27. The summed E-state index contributed by atoms with van der Waals surface area (Å²) in [6.45, 7) is 3.65. The van der Waals surface area contributed by atoms with Crippen molar-refractivity contribution in [1.29, 1.82) is 0 Å². The molecule has 2 N–H and O–H groups in total. The summed E-state index contributed by atoms with van der Waals surface area (Å²) in [7, 11) is 0. The van der Waals surface area contributed by atoms with E-state index in [2.05, 4.69) is 29.2 Å². The van der Waals surface area contributed by atoms with Crippen LogP contribution in [0.4, 0.5) is 5.69 Å². The Morgan fingerprint density at radius 1 is 1.04 bits per heavy atom. The zero-order valence-electron chi connectivity index (χ0n) is 14.2. The zero-order valence-corrected chi connectivity index (χ0v) is 15.8. The van der Waals surface area contributed by atoms with E-state index in [1.807, 2.05) is 16.3 Å². The fraction of sp³-hybridized carbons (Fsp3) is 0.421. The number of carbonyl (C=O) groups is 1. The lowest BCUT2D eigenvalue weighted by atomic mass is 10.1. The number of hydrogen-bond acceptors (Lipinski definition) is 4. The Morgan fingerprint density at radius 2 is 1.76 bits per heavy atom. The van der Waals surface area contributed by atoms with Crippen molar-refractivity contribution in [3.05, 3.63) is 51.7 Å². The number of amides is 1. The van der Waals surface area contributed by atoms with Crippen LogP contribution in [0.15, 0.2) is 35.7 Å². The molecule has 134 valence electrons. The van der Waals surface area contributed by atoms with Crippen LogP contribution >= 0.6 is 23.7 Å². The molecule has 0 unspecified atom stereocenters. The summed E-state index contributed by atoms with van der Waals surface area (Å²) in [4.78, 5) is 17.9. The second-order valence-corrected chi connectivity index (χ2v) is 7.63. The minimum absolute atomic E-state index is 0. The van der Waals surface area contributed by atoms with Crippen molar-refractivity contribution < 1.29 is 4.79 Å². The monoisotopic (exact) mass is 377 g/mol. The van der Waals surface area contributed by atoms with Crippen molar-refractivity contribution >= 4 is 35.3 Å². The first-order valence-corrected chi connectivity index (χ1v) is 9.53. The number of nitrogens with zero attached hydrogens (tertiary/aromatic N) is 2. The van der Waals surface area contributed by atoms with Crippen molar-refractivity contribution in [2.75, 3.05) is 31.9 Å². The number of fused-ring (bicyclic) bond motifs is 1. The second kappa shape index (κ2) is 7.77. The van der Waals surface area contributed by atoms with Gasteiger partial charge in [-0.25, -0.2) is 0 Å². The highest BCUT2D eigenvalue weighted by molar-refractivity contribution is 7.12. The van der Waals surface area contributed by atoms with Crippen molar-refractivity contribution in [2.24, 2.45) is 0 Å². The molecule has 2 aromatic rings. The lowest BCUT2D eigenvalue weighted by molar-refractivity contribution is 0.0764. The first-order chi connectivity index (χ1) is 11.7. The van der Waals surface area contributed by atoms with E-state index in [9.17, 15) is 4.79 Å². The van der Waals surface area contributed by atoms with Gasteiger partial charge in [0.1, 0.15) is 4.88 Å². The van der Waals surface area contributed by atoms with Crippen LogP contribution < -0.4 is 5.73 Å². The largest absolute Gasteiger partial charge is 0.397 e. The average molecular weight is 378 g/mol. The number of rotatable bonds is 2. The smallest absolute Gasteiger partial charge is 0.266 e. The molecule has 0 spiro atoms. The number of anilines is 1. The maximum atomic E-state index is 12.7. The van der Waals surface area contributed by atoms with E-state index in [1.54, 1.807) is 0 Å². The van der Waals surface area contributed by atoms with Crippen LogP contribution in [0.5, 0.6) is 0 Å². The lowest BCUT2D eigenvalue weighted by Crippen LogP contribution is -2.40. The first kappa shape index (κ1) is 18.2. The van der Waals surface area contributed by atoms with Crippen molar-refractivity contribution in [2.45, 2.75) is 25.3 Å². The van der Waals surface area contributed by atoms with Gasteiger partial charge in [-0.05, 0) is 41.8 Å². The predicted molar refractivity (Wildman–Crippen MR) is 106 cm³/mol. The number of thiophene rings is 1. The molecule has 25 heavy (non-hydrogen) atoms. The molecule has 1 saturated heterocycles. The summed E-state index contributed by atoms with van der Waals surface area (Å²) < 4.78 is 0. The van der Waals surface area contributed by atoms with Crippen LogP contribution in [0, 0.1) is 0 Å². The Morgan fingerprint density at radius 3 is 2.40 bits per heavy atom. The molecular formula is C19H24ClN3OS. The van der Waals surface area contributed by atoms with Gasteiger partial charge in [-0.3, -0.25) is 9.69 Å². The molecule has 4 rings (SSSR count). The third-order valence-electron chi connectivity index (χ3n) is 5.25. The zero-order chi connectivity index (χ0) is 16.5. The minimum Gasteiger partial charge on any atom is -0.397 e. The highest BCUT2D eigenvalue weighted by Gasteiger charge is 2.29. The molecule has 1 aliphatic carbocycles. The third-order valence-corrected chi connectivity index (χ3v) is 6.17. The molecular weight excluding hydrogens is 354 g/mol. The summed E-state index contributed by atoms with van der Waals surface area (Å²) >= 11 is 1.45. The van der Waals surface area contributed by atoms with Gasteiger partial charge in [-0.15, -0.1) is 23.7 Å². The second-order valence-electron chi connectivity index (χ2n) is 6.72. The van der Waals surface area contributed by atoms with Crippen LogP contribution in [-0.2, 0) is 12.8 Å². The topological polar surface area (TPSA) is 49.6 Å². The molecule has 1 fully saturated rings. The van der Waals surface area contributed by atoms with Gasteiger partial charge in [0.05, 0.1) is 5.69 Å². The molecule has 1 aromatic carbocycles. The first-order valence-electron chi connectivity index (χ1n) is 8.65. The van der Waals surface area contributed by atoms with E-state index in [0.29, 0.717) is 16.6 Å². The Hall–Kier alpha value is -1.56. The Balaban J connectivity index is 0.00000182. The van der Waals surface area contributed by atoms with Crippen molar-refractivity contribution in [3.63, 3.8) is 0 Å². The fourth-order valence-electron chi connectivity index (χ4n) is 3.94. The van der Waals surface area contributed by atoms with Crippen LogP contribution in [0.3, 0.4) is 0 Å². The van der Waals surface area contributed by atoms with Crippen molar-refractivity contribution in [1.82, 2.24) is 9.80 Å². The quantitative estimate of drug-likeness (QED) is 0.875. The fourth-order valence-corrected chi connectivity index (χ4v) is 4.72. The standard InChI is InChI=1S/C19H23N3OS.ClH/c20-17-6-11-24-18(17)19(23)22-8-3-7-21(9-10-22)16-12-14-4-1-2-5-15(14)13-16;/h1-2,4-6,11,16H,3,7-10,12-13,20H2;1H. The molecule has 1 aliphatic heterocycles. The Labute approximate surface area is 159 Å². The molecule has 6 heteroatoms. The summed E-state index contributed by atoms with van der Waals surface area (Å²) in [6.07, 6.45) is 3.31. The molecule has 1 amide bonds. The molecule has 0 radical (unpaired) electrons. The van der Waals surface area contributed by atoms with Crippen LogP contribution in [0.25, 0.3) is 0 Å². The number of halogens is 1. The van der Waals surface area contributed by atoms with E-state index in [-0.39, 0.29) is 18.3 Å². The van der Waals surface area contributed by atoms with E-state index in [4.69, 9.17) is 5.73 Å². The van der Waals surface area contributed by atoms with E-state index >= 15 is 0 Å². The van der Waals surface area contributed by atoms with Crippen molar-refractivity contribution in [3.8, 4) is 0 Å². The van der Waals surface area contributed by atoms with E-state index < -0.39 is 0 Å². The van der Waals surface area contributed by atoms with Gasteiger partial charge in [0, 0.05) is 32.2 Å². The molecule has 4 nitrogen and oxygen atoms in total. The molecule has 2 aliphatic rings. The summed E-state index contributed by atoms with van der Waals surface area (Å²) in [5.74, 6) is 0.0964. The number of carbonyl (C=O) groups excluding carboxylic acids is 1. The molecule has 0 saturated carbocycles. The van der Waals surface area contributed by atoms with Gasteiger partial charge in [0.2, 0.25) is 0 Å². The predicted octanol–water partition coefficient (Wildman–Crippen LogP) is 3.07. The summed E-state index contributed by atoms with van der Waals surface area (Å²) in [5, 5.41) is 1.89. The minimum atomic E-state index is 0. The van der Waals surface area contributed by atoms with Gasteiger partial charge in [-0.2, -0.15) is 0 Å². The van der Waals surface area contributed by atoms with E-state index in [1.165, 1.54) is 22.5 Å². The maximum absolute atomic E-state index is 12.7. The number of nitrogens with two attached hydrogens (primary N) is 1. The van der Waals surface area contributed by atoms with Crippen LogP contribution in [-0.4, -0.2) is 47.9 Å². The molecule has 0 atom stereocenters. The van der Waals surface area contributed by atoms with Gasteiger partial charge in [0.15, 0.2) is 0 Å². The third kappa shape index (κ3) is 3.68. The van der Waals surface area contributed by atoms with Gasteiger partial charge in [-0.1, -0.05) is 24.3 Å². The Kier molecular flexibility index (Phi) is 5.67. The molecule has 0 bridgehead atoms. The Bertz CT molecular complexity index is 723. The normalized spacial score (nSPS) is 18.5. The van der Waals surface area contributed by atoms with Gasteiger partial charge < -0.3 is 10.6 Å². The summed E-state index contributed by atoms with van der Waals surface area (Å²) in [5.41, 5.74) is 9.51. The highest BCUT2D eigenvalue weighted by Crippen LogP contribution is 2.27. The molecule has 1 aromatic heterocycles. The number of benzene rings is 1. The number of hydrogen-bond donors (Lipinski definition) is 1. The average Bonchev–Trinajstić information content (AvgIpc) is 3.13. The highest BCUT2D eigenvalue weighted by atomic mass is 35.5. The number of nitrogen functional groups attached to an aromatic ring is 1. The van der Waals surface area contributed by atoms with Crippen LogP contribution in [0.2, 0.25) is 0 Å².